The molecule has 0 aliphatic carbocycles. The summed E-state index contributed by atoms with van der Waals surface area (Å²) >= 11 is 0. The largest absolute Gasteiger partial charge is 0.479 e. The van der Waals surface area contributed by atoms with Gasteiger partial charge in [0, 0.05) is 28.8 Å². The number of aryl methyl sites for hydroxylation is 3. The molecule has 2 aromatic carbocycles. The van der Waals surface area contributed by atoms with Crippen LogP contribution in [0.5, 0.6) is 0 Å². The summed E-state index contributed by atoms with van der Waals surface area (Å²) in [6, 6.07) is 11.0. The molecule has 0 aliphatic rings. The highest BCUT2D eigenvalue weighted by molar-refractivity contribution is 5.96. The molecule has 0 radical (unpaired) electrons. The van der Waals surface area contributed by atoms with Gasteiger partial charge in [0.05, 0.1) is 0 Å². The number of nitrogens with one attached hydrogen (secondary N) is 1. The molecule has 0 spiro atoms. The first-order chi connectivity index (χ1) is 15.3. The Bertz CT molecular complexity index is 1400. The smallest absolute Gasteiger partial charge is 0.339 e. The van der Waals surface area contributed by atoms with Crippen LogP contribution >= 0.6 is 0 Å². The number of carboxylic acid groups (broad SMARTS) is 1. The Morgan fingerprint density at radius 2 is 1.62 bits per heavy atom. The molecular formula is C25H23NO6. The fourth-order valence-electron chi connectivity index (χ4n) is 3.92. The third-order valence-electron chi connectivity index (χ3n) is 5.87. The van der Waals surface area contributed by atoms with Gasteiger partial charge >= 0.3 is 11.6 Å². The van der Waals surface area contributed by atoms with Crippen LogP contribution in [0.4, 0.5) is 0 Å². The third kappa shape index (κ3) is 3.89. The topological polar surface area (TPSA) is 110 Å². The lowest BCUT2D eigenvalue weighted by Gasteiger charge is -2.15. The molecule has 0 aliphatic heterocycles. The maximum atomic E-state index is 12.6. The average Bonchev–Trinajstić information content (AvgIpc) is 3.04. The van der Waals surface area contributed by atoms with Crippen molar-refractivity contribution in [2.24, 2.45) is 0 Å². The lowest BCUT2D eigenvalue weighted by molar-refractivity contribution is -0.142. The van der Waals surface area contributed by atoms with E-state index in [1.165, 1.54) is 0 Å². The van der Waals surface area contributed by atoms with Crippen molar-refractivity contribution in [3.05, 3.63) is 80.9 Å². The number of rotatable bonds is 6. The summed E-state index contributed by atoms with van der Waals surface area (Å²) < 4.78 is 11.2. The second-order valence-electron chi connectivity index (χ2n) is 7.87. The van der Waals surface area contributed by atoms with Crippen LogP contribution in [0.1, 0.15) is 40.5 Å². The second kappa shape index (κ2) is 8.34. The second-order valence-corrected chi connectivity index (χ2v) is 7.87. The minimum atomic E-state index is -1.15. The molecule has 1 amide bonds. The summed E-state index contributed by atoms with van der Waals surface area (Å²) in [5.74, 6) is -0.809. The van der Waals surface area contributed by atoms with Crippen LogP contribution < -0.4 is 10.9 Å². The van der Waals surface area contributed by atoms with Crippen LogP contribution in [-0.2, 0) is 16.0 Å². The Morgan fingerprint density at radius 3 is 2.31 bits per heavy atom. The summed E-state index contributed by atoms with van der Waals surface area (Å²) in [5, 5.41) is 13.7. The summed E-state index contributed by atoms with van der Waals surface area (Å²) in [4.78, 5) is 36.7. The van der Waals surface area contributed by atoms with Crippen molar-refractivity contribution in [2.45, 2.75) is 39.7 Å². The zero-order chi connectivity index (χ0) is 23.0. The van der Waals surface area contributed by atoms with E-state index in [0.717, 1.165) is 27.7 Å². The lowest BCUT2D eigenvalue weighted by atomic mass is 10.00. The van der Waals surface area contributed by atoms with Gasteiger partial charge in [-0.2, -0.15) is 0 Å². The molecule has 164 valence electrons. The van der Waals surface area contributed by atoms with Gasteiger partial charge in [0.15, 0.2) is 6.04 Å². The lowest BCUT2D eigenvalue weighted by Crippen LogP contribution is -2.34. The van der Waals surface area contributed by atoms with Crippen molar-refractivity contribution >= 4 is 33.8 Å². The van der Waals surface area contributed by atoms with Gasteiger partial charge in [-0.3, -0.25) is 4.79 Å². The van der Waals surface area contributed by atoms with E-state index in [1.54, 1.807) is 36.4 Å². The van der Waals surface area contributed by atoms with Gasteiger partial charge in [-0.1, -0.05) is 30.3 Å². The Labute approximate surface area is 183 Å². The normalized spacial score (nSPS) is 12.2. The van der Waals surface area contributed by atoms with E-state index in [2.05, 4.69) is 5.32 Å². The summed E-state index contributed by atoms with van der Waals surface area (Å²) in [5.41, 5.74) is 3.21. The molecule has 7 nitrogen and oxygen atoms in total. The number of carbonyl (C=O) groups is 2. The quantitative estimate of drug-likeness (QED) is 0.438. The summed E-state index contributed by atoms with van der Waals surface area (Å²) in [7, 11) is 0. The molecule has 0 bridgehead atoms. The van der Waals surface area contributed by atoms with Gasteiger partial charge in [0.25, 0.3) is 0 Å². The van der Waals surface area contributed by atoms with Gasteiger partial charge in [0.1, 0.15) is 16.9 Å². The first-order valence-corrected chi connectivity index (χ1v) is 10.3. The van der Waals surface area contributed by atoms with Crippen LogP contribution in [0, 0.1) is 20.8 Å². The van der Waals surface area contributed by atoms with Crippen LogP contribution in [0.3, 0.4) is 0 Å². The molecule has 2 N–H and O–H groups in total. The predicted octanol–water partition coefficient (Wildman–Crippen LogP) is 4.34. The molecule has 7 heteroatoms. The van der Waals surface area contributed by atoms with Crippen LogP contribution in [0.15, 0.2) is 56.1 Å². The molecule has 4 aromatic rings. The van der Waals surface area contributed by atoms with Crippen LogP contribution in [0.25, 0.3) is 21.9 Å². The van der Waals surface area contributed by atoms with E-state index in [4.69, 9.17) is 8.83 Å². The van der Waals surface area contributed by atoms with Crippen molar-refractivity contribution in [1.82, 2.24) is 5.32 Å². The predicted molar refractivity (Wildman–Crippen MR) is 120 cm³/mol. The summed E-state index contributed by atoms with van der Waals surface area (Å²) in [6.07, 6.45) is 0.0955. The van der Waals surface area contributed by atoms with E-state index >= 15 is 0 Å². The van der Waals surface area contributed by atoms with Gasteiger partial charge in [0.2, 0.25) is 5.91 Å². The average molecular weight is 433 g/mol. The highest BCUT2D eigenvalue weighted by Gasteiger charge is 2.22. The fourth-order valence-corrected chi connectivity index (χ4v) is 3.92. The van der Waals surface area contributed by atoms with Gasteiger partial charge < -0.3 is 19.3 Å². The number of aliphatic carboxylic acids is 1. The molecular weight excluding hydrogens is 410 g/mol. The van der Waals surface area contributed by atoms with E-state index in [9.17, 15) is 19.5 Å². The van der Waals surface area contributed by atoms with Gasteiger partial charge in [-0.05, 0) is 49.9 Å². The molecule has 2 heterocycles. The number of carbonyl (C=O) groups excluding carboxylic acids is 1. The Morgan fingerprint density at radius 1 is 0.969 bits per heavy atom. The number of hydrogen-bond acceptors (Lipinski definition) is 5. The first-order valence-electron chi connectivity index (χ1n) is 10.3. The monoisotopic (exact) mass is 433 g/mol. The number of benzene rings is 2. The number of amides is 1. The number of furan rings is 1. The van der Waals surface area contributed by atoms with Crippen molar-refractivity contribution in [3.63, 3.8) is 0 Å². The van der Waals surface area contributed by atoms with E-state index in [-0.39, 0.29) is 12.8 Å². The Balaban J connectivity index is 1.59. The van der Waals surface area contributed by atoms with E-state index in [1.807, 2.05) is 26.8 Å². The molecule has 0 saturated carbocycles. The van der Waals surface area contributed by atoms with Gasteiger partial charge in [-0.15, -0.1) is 0 Å². The third-order valence-corrected chi connectivity index (χ3v) is 5.87. The number of carboxylic acids is 1. The highest BCUT2D eigenvalue weighted by Crippen LogP contribution is 2.31. The molecule has 2 aromatic heterocycles. The molecule has 0 saturated heterocycles. The molecule has 0 fully saturated rings. The summed E-state index contributed by atoms with van der Waals surface area (Å²) in [6.45, 7) is 5.68. The minimum absolute atomic E-state index is 0.0419. The van der Waals surface area contributed by atoms with Crippen LogP contribution in [0.2, 0.25) is 0 Å². The maximum Gasteiger partial charge on any atom is 0.339 e. The molecule has 32 heavy (non-hydrogen) atoms. The number of fused-ring (bicyclic) bond motifs is 2. The minimum Gasteiger partial charge on any atom is -0.479 e. The first kappa shape index (κ1) is 21.4. The van der Waals surface area contributed by atoms with E-state index in [0.29, 0.717) is 22.3 Å². The highest BCUT2D eigenvalue weighted by atomic mass is 16.4. The van der Waals surface area contributed by atoms with Crippen molar-refractivity contribution in [2.75, 3.05) is 0 Å². The standard InChI is InChI=1S/C25H23NO6/c1-13-15(3)31-20-12-21-19(11-18(13)20)14(2)17(25(30)32-21)9-10-22(27)26-23(24(28)29)16-7-5-4-6-8-16/h4-8,11-12,23H,9-10H2,1-3H3,(H,26,27)(H,28,29). The van der Waals surface area contributed by atoms with Crippen molar-refractivity contribution in [3.8, 4) is 0 Å². The van der Waals surface area contributed by atoms with E-state index < -0.39 is 23.5 Å². The zero-order valence-corrected chi connectivity index (χ0v) is 18.0. The van der Waals surface area contributed by atoms with Crippen molar-refractivity contribution in [1.29, 1.82) is 0 Å². The fraction of sp³-hybridized carbons (Fsp3) is 0.240. The SMILES string of the molecule is Cc1oc2cc3oc(=O)c(CCC(=O)NC(C(=O)O)c4ccccc4)c(C)c3cc2c1C. The Hall–Kier alpha value is -3.87. The zero-order valence-electron chi connectivity index (χ0n) is 18.0. The molecule has 1 atom stereocenters. The molecule has 1 unspecified atom stereocenters. The van der Waals surface area contributed by atoms with Crippen LogP contribution in [-0.4, -0.2) is 17.0 Å². The maximum absolute atomic E-state index is 12.6. The molecule has 4 rings (SSSR count). The number of hydrogen-bond donors (Lipinski definition) is 2. The van der Waals surface area contributed by atoms with Gasteiger partial charge in [-0.25, -0.2) is 9.59 Å². The van der Waals surface area contributed by atoms with Crippen molar-refractivity contribution < 1.29 is 23.5 Å². The Kier molecular flexibility index (Phi) is 5.57.